The maximum absolute atomic E-state index is 13.6. The van der Waals surface area contributed by atoms with Crippen LogP contribution in [0.4, 0.5) is 9.18 Å². The second-order valence-corrected chi connectivity index (χ2v) is 8.12. The predicted octanol–water partition coefficient (Wildman–Crippen LogP) is 5.30. The van der Waals surface area contributed by atoms with E-state index in [0.717, 1.165) is 22.3 Å². The Balaban J connectivity index is 1.78. The molecule has 1 N–H and O–H groups in total. The van der Waals surface area contributed by atoms with E-state index in [1.54, 1.807) is 13.1 Å². The first-order valence-electron chi connectivity index (χ1n) is 10.7. The highest BCUT2D eigenvalue weighted by Gasteiger charge is 2.38. The van der Waals surface area contributed by atoms with E-state index in [1.165, 1.54) is 34.1 Å². The normalized spacial score (nSPS) is 13.0. The van der Waals surface area contributed by atoms with Gasteiger partial charge in [-0.25, -0.2) is 9.18 Å². The summed E-state index contributed by atoms with van der Waals surface area (Å²) in [6, 6.07) is 20.1. The van der Waals surface area contributed by atoms with Gasteiger partial charge in [0.15, 0.2) is 0 Å². The van der Waals surface area contributed by atoms with Gasteiger partial charge in [0.2, 0.25) is 5.91 Å². The van der Waals surface area contributed by atoms with Crippen LogP contribution in [0.15, 0.2) is 85.5 Å². The predicted molar refractivity (Wildman–Crippen MR) is 125 cm³/mol. The molecule has 2 amide bonds. The molecule has 4 rings (SSSR count). The topological polar surface area (TPSA) is 60.9 Å². The van der Waals surface area contributed by atoms with Crippen LogP contribution in [0, 0.1) is 5.82 Å². The Morgan fingerprint density at radius 3 is 2.06 bits per heavy atom. The van der Waals surface area contributed by atoms with E-state index in [-0.39, 0.29) is 19.0 Å². The van der Waals surface area contributed by atoms with E-state index in [1.807, 2.05) is 48.5 Å². The summed E-state index contributed by atoms with van der Waals surface area (Å²) >= 11 is 0. The summed E-state index contributed by atoms with van der Waals surface area (Å²) in [5.41, 5.74) is 4.59. The lowest BCUT2D eigenvalue weighted by Crippen LogP contribution is -2.45. The minimum absolute atomic E-state index is 0.0824. The Labute approximate surface area is 192 Å². The van der Waals surface area contributed by atoms with Crippen molar-refractivity contribution in [3.8, 4) is 11.1 Å². The number of hydrogen-bond donors (Lipinski definition) is 1. The summed E-state index contributed by atoms with van der Waals surface area (Å²) in [7, 11) is 1.60. The largest absolute Gasteiger partial charge is 0.465 e. The number of carboxylic acid groups (broad SMARTS) is 1. The smallest absolute Gasteiger partial charge is 0.408 e. The molecule has 5 nitrogen and oxygen atoms in total. The van der Waals surface area contributed by atoms with E-state index in [0.29, 0.717) is 5.56 Å². The summed E-state index contributed by atoms with van der Waals surface area (Å²) in [6.07, 6.45) is 0.361. The molecule has 1 aliphatic carbocycles. The van der Waals surface area contributed by atoms with Crippen LogP contribution in [0.2, 0.25) is 0 Å². The molecule has 0 fully saturated rings. The number of hydrogen-bond acceptors (Lipinski definition) is 2. The summed E-state index contributed by atoms with van der Waals surface area (Å²) in [5.74, 6) is -1.08. The van der Waals surface area contributed by atoms with Crippen LogP contribution >= 0.6 is 0 Å². The van der Waals surface area contributed by atoms with Gasteiger partial charge in [0.05, 0.1) is 0 Å². The minimum atomic E-state index is -1.22. The van der Waals surface area contributed by atoms with Crippen molar-refractivity contribution in [2.45, 2.75) is 12.0 Å². The van der Waals surface area contributed by atoms with Crippen LogP contribution in [0.3, 0.4) is 0 Å². The molecule has 1 atom stereocenters. The van der Waals surface area contributed by atoms with Crippen LogP contribution in [0.1, 0.15) is 28.7 Å². The fourth-order valence-electron chi connectivity index (χ4n) is 4.54. The second-order valence-electron chi connectivity index (χ2n) is 8.12. The molecule has 33 heavy (non-hydrogen) atoms. The highest BCUT2D eigenvalue weighted by Crippen LogP contribution is 2.45. The Morgan fingerprint density at radius 2 is 1.55 bits per heavy atom. The van der Waals surface area contributed by atoms with Crippen molar-refractivity contribution in [3.05, 3.63) is 108 Å². The van der Waals surface area contributed by atoms with Gasteiger partial charge < -0.3 is 10.0 Å². The lowest BCUT2D eigenvalue weighted by molar-refractivity contribution is -0.134. The van der Waals surface area contributed by atoms with Crippen LogP contribution in [-0.2, 0) is 4.79 Å². The number of carbonyl (C=O) groups excluding carboxylic acids is 1. The number of nitrogens with zero attached hydrogens (tertiary/aromatic N) is 2. The van der Waals surface area contributed by atoms with Crippen molar-refractivity contribution in [1.82, 2.24) is 9.80 Å². The third-order valence-corrected chi connectivity index (χ3v) is 6.10. The molecule has 3 aromatic rings. The summed E-state index contributed by atoms with van der Waals surface area (Å²) in [5, 5.41) is 10.2. The Kier molecular flexibility index (Phi) is 6.27. The number of benzene rings is 3. The average molecular weight is 445 g/mol. The summed E-state index contributed by atoms with van der Waals surface area (Å²) in [4.78, 5) is 28.5. The van der Waals surface area contributed by atoms with Gasteiger partial charge in [-0.3, -0.25) is 9.69 Å². The molecule has 0 spiro atoms. The van der Waals surface area contributed by atoms with Crippen molar-refractivity contribution in [1.29, 1.82) is 0 Å². The standard InChI is InChI=1S/C27H25FN2O3/c1-3-16-29(2)26(31)25(18-12-14-19(28)15-13-18)30(27(32)33)17-24-22-10-6-4-8-20(22)21-9-5-7-11-23(21)24/h3-15,24-25H,1,16-17H2,2H3,(H,32,33)/t25-/m1/s1. The van der Waals surface area contributed by atoms with Crippen LogP contribution in [0.5, 0.6) is 0 Å². The number of carbonyl (C=O) groups is 2. The van der Waals surface area contributed by atoms with Gasteiger partial charge in [-0.15, -0.1) is 6.58 Å². The van der Waals surface area contributed by atoms with Crippen LogP contribution in [-0.4, -0.2) is 47.0 Å². The van der Waals surface area contributed by atoms with Gasteiger partial charge in [-0.2, -0.15) is 0 Å². The van der Waals surface area contributed by atoms with Gasteiger partial charge in [0.25, 0.3) is 0 Å². The van der Waals surface area contributed by atoms with E-state index in [4.69, 9.17) is 0 Å². The van der Waals surface area contributed by atoms with Gasteiger partial charge in [-0.05, 0) is 39.9 Å². The molecule has 3 aromatic carbocycles. The number of halogens is 1. The summed E-state index contributed by atoms with van der Waals surface area (Å²) in [6.45, 7) is 4.01. The zero-order valence-electron chi connectivity index (χ0n) is 18.3. The molecule has 0 unspecified atom stereocenters. The van der Waals surface area contributed by atoms with Crippen molar-refractivity contribution in [2.24, 2.45) is 0 Å². The SMILES string of the molecule is C=CCN(C)C(=O)[C@@H](c1ccc(F)cc1)N(CC1c2ccccc2-c2ccccc21)C(=O)O. The Hall–Kier alpha value is -3.93. The number of rotatable bonds is 7. The molecule has 0 bridgehead atoms. The quantitative estimate of drug-likeness (QED) is 0.503. The molecule has 0 heterocycles. The van der Waals surface area contributed by atoms with Crippen LogP contribution in [0.25, 0.3) is 11.1 Å². The van der Waals surface area contributed by atoms with Gasteiger partial charge >= 0.3 is 6.09 Å². The Bertz CT molecular complexity index is 1150. The molecule has 0 aliphatic heterocycles. The number of fused-ring (bicyclic) bond motifs is 3. The zero-order chi connectivity index (χ0) is 23.5. The van der Waals surface area contributed by atoms with Crippen molar-refractivity contribution in [3.63, 3.8) is 0 Å². The van der Waals surface area contributed by atoms with Crippen molar-refractivity contribution < 1.29 is 19.1 Å². The second kappa shape index (κ2) is 9.28. The highest BCUT2D eigenvalue weighted by atomic mass is 19.1. The minimum Gasteiger partial charge on any atom is -0.465 e. The van der Waals surface area contributed by atoms with E-state index in [9.17, 15) is 19.1 Å². The van der Waals surface area contributed by atoms with Gasteiger partial charge in [0.1, 0.15) is 11.9 Å². The van der Waals surface area contributed by atoms with Crippen molar-refractivity contribution >= 4 is 12.0 Å². The first-order valence-corrected chi connectivity index (χ1v) is 10.7. The molecule has 0 saturated heterocycles. The number of amides is 2. The molecule has 168 valence electrons. The van der Waals surface area contributed by atoms with E-state index >= 15 is 0 Å². The molecule has 0 saturated carbocycles. The van der Waals surface area contributed by atoms with Crippen LogP contribution < -0.4 is 0 Å². The van der Waals surface area contributed by atoms with E-state index < -0.39 is 23.9 Å². The van der Waals surface area contributed by atoms with E-state index in [2.05, 4.69) is 6.58 Å². The monoisotopic (exact) mass is 444 g/mol. The number of likely N-dealkylation sites (N-methyl/N-ethyl adjacent to an activating group) is 1. The first-order chi connectivity index (χ1) is 15.9. The lowest BCUT2D eigenvalue weighted by atomic mass is 9.94. The maximum Gasteiger partial charge on any atom is 0.408 e. The van der Waals surface area contributed by atoms with Gasteiger partial charge in [-0.1, -0.05) is 66.7 Å². The molecule has 0 radical (unpaired) electrons. The molecule has 0 aromatic heterocycles. The third-order valence-electron chi connectivity index (χ3n) is 6.10. The molecular formula is C27H25FN2O3. The fraction of sp³-hybridized carbons (Fsp3) is 0.185. The van der Waals surface area contributed by atoms with Gasteiger partial charge in [0, 0.05) is 26.1 Å². The lowest BCUT2D eigenvalue weighted by Gasteiger charge is -2.33. The molecular weight excluding hydrogens is 419 g/mol. The highest BCUT2D eigenvalue weighted by molar-refractivity contribution is 5.87. The maximum atomic E-state index is 13.6. The Morgan fingerprint density at radius 1 is 1.00 bits per heavy atom. The first kappa shape index (κ1) is 22.3. The average Bonchev–Trinajstić information content (AvgIpc) is 3.13. The molecule has 1 aliphatic rings. The summed E-state index contributed by atoms with van der Waals surface area (Å²) < 4.78 is 13.6. The van der Waals surface area contributed by atoms with Crippen molar-refractivity contribution in [2.75, 3.05) is 20.1 Å². The zero-order valence-corrected chi connectivity index (χ0v) is 18.3. The third kappa shape index (κ3) is 4.24. The fourth-order valence-corrected chi connectivity index (χ4v) is 4.54. The molecule has 6 heteroatoms.